The highest BCUT2D eigenvalue weighted by atomic mass is 16.8. The van der Waals surface area contributed by atoms with E-state index >= 15 is 0 Å². The summed E-state index contributed by atoms with van der Waals surface area (Å²) in [7, 11) is 0. The first-order valence-electron chi connectivity index (χ1n) is 39.5. The fraction of sp³-hybridized carbons (Fsp3) is 0.861. The topological polar surface area (TPSA) is 307 Å². The molecule has 0 radical (unpaired) electrons. The van der Waals surface area contributed by atoms with Crippen molar-refractivity contribution in [1.29, 1.82) is 0 Å². The van der Waals surface area contributed by atoms with E-state index in [0.717, 1.165) is 70.6 Å². The van der Waals surface area contributed by atoms with Gasteiger partial charge in [-0.15, -0.1) is 0 Å². The first-order chi connectivity index (χ1) is 47.8. The Bertz CT molecular complexity index is 2010. The molecule has 17 atom stereocenters. The van der Waals surface area contributed by atoms with Crippen molar-refractivity contribution in [3.8, 4) is 0 Å². The van der Waals surface area contributed by atoms with Crippen molar-refractivity contribution in [3.63, 3.8) is 0 Å². The molecular weight excluding hydrogens is 1250 g/mol. The van der Waals surface area contributed by atoms with Crippen LogP contribution in [0.5, 0.6) is 0 Å². The summed E-state index contributed by atoms with van der Waals surface area (Å²) in [6, 6.07) is -0.974. The van der Waals surface area contributed by atoms with Gasteiger partial charge in [0.15, 0.2) is 18.9 Å². The van der Waals surface area contributed by atoms with Gasteiger partial charge in [0.1, 0.15) is 73.2 Å². The van der Waals surface area contributed by atoms with E-state index in [1.54, 1.807) is 6.08 Å². The number of aliphatic hydroxyl groups is 11. The van der Waals surface area contributed by atoms with Gasteiger partial charge < -0.3 is 89.9 Å². The molecule has 0 aliphatic carbocycles. The highest BCUT2D eigenvalue weighted by molar-refractivity contribution is 5.76. The summed E-state index contributed by atoms with van der Waals surface area (Å²) in [4.78, 5) is 13.5. The van der Waals surface area contributed by atoms with Gasteiger partial charge in [-0.1, -0.05) is 299 Å². The Morgan fingerprint density at radius 1 is 0.378 bits per heavy atom. The number of allylic oxidation sites excluding steroid dienone is 9. The van der Waals surface area contributed by atoms with Crippen molar-refractivity contribution in [3.05, 3.63) is 60.8 Å². The molecule has 0 saturated carbocycles. The molecule has 572 valence electrons. The second-order valence-corrected chi connectivity index (χ2v) is 28.1. The normalized spacial score (nSPS) is 27.1. The van der Waals surface area contributed by atoms with E-state index in [1.807, 2.05) is 6.08 Å². The summed E-state index contributed by atoms with van der Waals surface area (Å²) in [5, 5.41) is 121. The molecule has 19 heteroatoms. The maximum Gasteiger partial charge on any atom is 0.220 e. The number of carbonyl (C=O) groups is 1. The molecule has 0 spiro atoms. The van der Waals surface area contributed by atoms with Crippen molar-refractivity contribution < 1.29 is 89.4 Å². The van der Waals surface area contributed by atoms with Crippen LogP contribution in [0.2, 0.25) is 0 Å². The molecule has 1 amide bonds. The molecule has 3 saturated heterocycles. The zero-order chi connectivity index (χ0) is 71.1. The predicted octanol–water partition coefficient (Wildman–Crippen LogP) is 12.7. The van der Waals surface area contributed by atoms with Gasteiger partial charge in [-0.25, -0.2) is 0 Å². The molecule has 19 nitrogen and oxygen atoms in total. The van der Waals surface area contributed by atoms with E-state index in [0.29, 0.717) is 6.42 Å². The lowest BCUT2D eigenvalue weighted by molar-refractivity contribution is -0.379. The molecule has 12 N–H and O–H groups in total. The summed E-state index contributed by atoms with van der Waals surface area (Å²) in [6.45, 7) is 1.66. The first kappa shape index (κ1) is 89.7. The Labute approximate surface area is 592 Å². The summed E-state index contributed by atoms with van der Waals surface area (Å²) in [5.41, 5.74) is 0. The molecule has 3 fully saturated rings. The molecule has 0 aromatic rings. The van der Waals surface area contributed by atoms with E-state index in [-0.39, 0.29) is 18.9 Å². The third kappa shape index (κ3) is 39.9. The Morgan fingerprint density at radius 2 is 0.704 bits per heavy atom. The van der Waals surface area contributed by atoms with Crippen LogP contribution in [0.15, 0.2) is 60.8 Å². The quantitative estimate of drug-likeness (QED) is 0.0199. The summed E-state index contributed by atoms with van der Waals surface area (Å²) < 4.78 is 34.4. The van der Waals surface area contributed by atoms with Gasteiger partial charge >= 0.3 is 0 Å². The van der Waals surface area contributed by atoms with E-state index < -0.39 is 124 Å². The maximum absolute atomic E-state index is 13.5. The third-order valence-electron chi connectivity index (χ3n) is 19.6. The number of rotatable bonds is 62. The van der Waals surface area contributed by atoms with E-state index in [1.165, 1.54) is 205 Å². The predicted molar refractivity (Wildman–Crippen MR) is 388 cm³/mol. The number of aliphatic hydroxyl groups excluding tert-OH is 11. The van der Waals surface area contributed by atoms with Gasteiger partial charge in [0.2, 0.25) is 5.91 Å². The van der Waals surface area contributed by atoms with Crippen LogP contribution in [0.25, 0.3) is 0 Å². The average Bonchev–Trinajstić information content (AvgIpc) is 0.782. The van der Waals surface area contributed by atoms with Crippen molar-refractivity contribution in [2.75, 3.05) is 26.4 Å². The number of nitrogens with one attached hydrogen (secondary N) is 1. The highest BCUT2D eigenvalue weighted by Gasteiger charge is 2.53. The molecule has 0 bridgehead atoms. The lowest BCUT2D eigenvalue weighted by atomic mass is 9.96. The summed E-state index contributed by atoms with van der Waals surface area (Å²) >= 11 is 0. The Balaban J connectivity index is 1.36. The van der Waals surface area contributed by atoms with Crippen LogP contribution in [0.3, 0.4) is 0 Å². The minimum Gasteiger partial charge on any atom is -0.394 e. The maximum atomic E-state index is 13.5. The second-order valence-electron chi connectivity index (χ2n) is 28.1. The second kappa shape index (κ2) is 59.8. The van der Waals surface area contributed by atoms with Crippen molar-refractivity contribution in [2.45, 2.75) is 407 Å². The van der Waals surface area contributed by atoms with Crippen molar-refractivity contribution >= 4 is 5.91 Å². The first-order valence-corrected chi connectivity index (χ1v) is 39.5. The lowest BCUT2D eigenvalue weighted by Crippen LogP contribution is -2.66. The molecule has 3 rings (SSSR count). The largest absolute Gasteiger partial charge is 0.394 e. The smallest absolute Gasteiger partial charge is 0.220 e. The minimum atomic E-state index is -1.98. The van der Waals surface area contributed by atoms with E-state index in [4.69, 9.17) is 28.4 Å². The zero-order valence-corrected chi connectivity index (χ0v) is 61.0. The standard InChI is InChI=1S/C79H143NO18/c1-3-5-7-9-11-13-15-17-19-21-23-25-26-27-28-29-30-31-32-33-34-35-36-37-39-41-43-45-47-49-51-53-55-57-67(85)80-62(63(84)56-54-52-50-48-46-44-42-40-38-24-22-20-18-16-14-12-10-8-6-4-2)61-93-77-73(91)70(88)75(65(59-82)95-77)98-79-74(92)71(89)76(66(60-83)96-79)97-78-72(90)69(87)68(86)64(58-81)94-78/h5,7,11,13,17,19,23,25,54,56,62-66,68-79,81-84,86-92H,3-4,6,8-10,12,14-16,18,20-22,24,26-53,55,57-61H2,1-2H3,(H,80,85)/b7-5-,13-11-,19-17-,25-23-,56-54+. The fourth-order valence-corrected chi connectivity index (χ4v) is 13.2. The summed E-state index contributed by atoms with van der Waals surface area (Å²) in [6.07, 6.45) is 49.2. The van der Waals surface area contributed by atoms with Crippen LogP contribution in [-0.2, 0) is 33.2 Å². The molecule has 98 heavy (non-hydrogen) atoms. The van der Waals surface area contributed by atoms with Gasteiger partial charge in [-0.3, -0.25) is 4.79 Å². The molecule has 0 aromatic carbocycles. The van der Waals surface area contributed by atoms with E-state index in [9.17, 15) is 61.0 Å². The number of ether oxygens (including phenoxy) is 6. The zero-order valence-electron chi connectivity index (χ0n) is 61.0. The number of hydrogen-bond acceptors (Lipinski definition) is 18. The average molecular weight is 1400 g/mol. The SMILES string of the molecule is CC/C=C\C/C=C\C/C=C\C/C=C\CCCCCCCCCCCCCCCCCCCCCCC(=O)NC(COC1OC(CO)C(OC2OC(CO)C(OC3OC(CO)C(O)C(O)C3O)C(O)C2O)C(O)C1O)C(O)/C=C/CCCCCCCCCCCCCCCCCCCC. The minimum absolute atomic E-state index is 0.245. The Hall–Kier alpha value is -2.51. The van der Waals surface area contributed by atoms with Crippen LogP contribution < -0.4 is 5.32 Å². The van der Waals surface area contributed by atoms with E-state index in [2.05, 4.69) is 67.8 Å². The molecule has 3 aliphatic rings. The molecule has 3 aliphatic heterocycles. The van der Waals surface area contributed by atoms with Gasteiger partial charge in [-0.05, 0) is 57.8 Å². The van der Waals surface area contributed by atoms with Crippen LogP contribution >= 0.6 is 0 Å². The van der Waals surface area contributed by atoms with Gasteiger partial charge in [0, 0.05) is 6.42 Å². The van der Waals surface area contributed by atoms with Crippen LogP contribution in [0.1, 0.15) is 303 Å². The Morgan fingerprint density at radius 3 is 1.10 bits per heavy atom. The Kier molecular flexibility index (Phi) is 54.8. The molecule has 0 aromatic heterocycles. The summed E-state index contributed by atoms with van der Waals surface area (Å²) in [5.74, 6) is -0.271. The van der Waals surface area contributed by atoms with Gasteiger partial charge in [0.25, 0.3) is 0 Å². The van der Waals surface area contributed by atoms with Crippen LogP contribution in [-0.4, -0.2) is 193 Å². The van der Waals surface area contributed by atoms with Gasteiger partial charge in [-0.2, -0.15) is 0 Å². The molecule has 3 heterocycles. The molecular formula is C79H143NO18. The van der Waals surface area contributed by atoms with Crippen LogP contribution in [0.4, 0.5) is 0 Å². The van der Waals surface area contributed by atoms with Crippen molar-refractivity contribution in [1.82, 2.24) is 5.32 Å². The molecule has 17 unspecified atom stereocenters. The number of unbranched alkanes of at least 4 members (excludes halogenated alkanes) is 38. The number of hydrogen-bond donors (Lipinski definition) is 12. The number of amides is 1. The van der Waals surface area contributed by atoms with Crippen LogP contribution in [0, 0.1) is 0 Å². The fourth-order valence-electron chi connectivity index (χ4n) is 13.2. The lowest BCUT2D eigenvalue weighted by Gasteiger charge is -2.48. The number of carbonyl (C=O) groups excluding carboxylic acids is 1. The van der Waals surface area contributed by atoms with Gasteiger partial charge in [0.05, 0.1) is 38.6 Å². The monoisotopic (exact) mass is 1390 g/mol. The van der Waals surface area contributed by atoms with Crippen molar-refractivity contribution in [2.24, 2.45) is 0 Å². The third-order valence-corrected chi connectivity index (χ3v) is 19.6. The highest BCUT2D eigenvalue weighted by Crippen LogP contribution is 2.33.